The van der Waals surface area contributed by atoms with E-state index in [1.54, 1.807) is 0 Å². The van der Waals surface area contributed by atoms with Gasteiger partial charge in [-0.3, -0.25) is 4.79 Å². The van der Waals surface area contributed by atoms with E-state index in [0.717, 1.165) is 17.0 Å². The van der Waals surface area contributed by atoms with E-state index in [1.807, 2.05) is 0 Å². The van der Waals surface area contributed by atoms with Gasteiger partial charge >= 0.3 is 12.5 Å². The van der Waals surface area contributed by atoms with Crippen LogP contribution >= 0.6 is 0 Å². The van der Waals surface area contributed by atoms with Crippen LogP contribution in [0, 0.1) is 5.92 Å². The molecule has 120 valence electrons. The van der Waals surface area contributed by atoms with E-state index in [0.29, 0.717) is 6.42 Å². The second-order valence-electron chi connectivity index (χ2n) is 4.78. The van der Waals surface area contributed by atoms with E-state index in [-0.39, 0.29) is 18.8 Å². The molecule has 1 aliphatic rings. The molecule has 1 atom stereocenters. The number of nitrogens with one attached hydrogen (secondary N) is 1. The van der Waals surface area contributed by atoms with E-state index in [2.05, 4.69) is 10.1 Å². The van der Waals surface area contributed by atoms with E-state index in [9.17, 15) is 22.8 Å². The molecule has 1 aromatic carbocycles. The SMILES string of the molecule is O=C(Nc1cccc(OC(F)(F)F)c1)[C@@H]1CCN(C(=O)O)C1. The Morgan fingerprint density at radius 2 is 2.09 bits per heavy atom. The number of carbonyl (C=O) groups excluding carboxylic acids is 1. The lowest BCUT2D eigenvalue weighted by Gasteiger charge is -2.13. The minimum absolute atomic E-state index is 0.0694. The van der Waals surface area contributed by atoms with Crippen molar-refractivity contribution in [3.63, 3.8) is 0 Å². The van der Waals surface area contributed by atoms with Crippen LogP contribution in [-0.4, -0.2) is 41.5 Å². The van der Waals surface area contributed by atoms with Gasteiger partial charge in [0, 0.05) is 24.8 Å². The Labute approximate surface area is 123 Å². The summed E-state index contributed by atoms with van der Waals surface area (Å²) < 4.78 is 40.1. The summed E-state index contributed by atoms with van der Waals surface area (Å²) in [5.41, 5.74) is 0.153. The molecule has 0 aromatic heterocycles. The number of ether oxygens (including phenoxy) is 1. The molecule has 0 spiro atoms. The number of hydrogen-bond donors (Lipinski definition) is 2. The molecule has 1 heterocycles. The van der Waals surface area contributed by atoms with Crippen LogP contribution < -0.4 is 10.1 Å². The Kier molecular flexibility index (Phi) is 4.43. The Balaban J connectivity index is 1.97. The van der Waals surface area contributed by atoms with Crippen molar-refractivity contribution in [1.29, 1.82) is 0 Å². The van der Waals surface area contributed by atoms with E-state index < -0.39 is 30.0 Å². The van der Waals surface area contributed by atoms with E-state index in [1.165, 1.54) is 12.1 Å². The maximum atomic E-state index is 12.1. The first-order valence-corrected chi connectivity index (χ1v) is 6.39. The Morgan fingerprint density at radius 3 is 2.68 bits per heavy atom. The average molecular weight is 318 g/mol. The highest BCUT2D eigenvalue weighted by molar-refractivity contribution is 5.93. The average Bonchev–Trinajstić information content (AvgIpc) is 2.86. The van der Waals surface area contributed by atoms with Crippen molar-refractivity contribution in [2.45, 2.75) is 12.8 Å². The Morgan fingerprint density at radius 1 is 1.36 bits per heavy atom. The number of carboxylic acid groups (broad SMARTS) is 1. The zero-order chi connectivity index (χ0) is 16.3. The standard InChI is InChI=1S/C13H13F3N2O4/c14-13(15,16)22-10-3-1-2-9(6-10)17-11(19)8-4-5-18(7-8)12(20)21/h1-3,6,8H,4-5,7H2,(H,17,19)(H,20,21)/t8-/m1/s1. The molecule has 9 heteroatoms. The van der Waals surface area contributed by atoms with Gasteiger partial charge in [-0.05, 0) is 18.6 Å². The van der Waals surface area contributed by atoms with Crippen molar-refractivity contribution in [1.82, 2.24) is 4.90 Å². The summed E-state index contributed by atoms with van der Waals surface area (Å²) in [4.78, 5) is 23.9. The van der Waals surface area contributed by atoms with Gasteiger partial charge in [-0.25, -0.2) is 4.79 Å². The van der Waals surface area contributed by atoms with Gasteiger partial charge in [0.2, 0.25) is 5.91 Å². The highest BCUT2D eigenvalue weighted by atomic mass is 19.4. The number of nitrogens with zero attached hydrogens (tertiary/aromatic N) is 1. The first-order valence-electron chi connectivity index (χ1n) is 6.39. The molecular weight excluding hydrogens is 305 g/mol. The molecule has 0 unspecified atom stereocenters. The summed E-state index contributed by atoms with van der Waals surface area (Å²) >= 11 is 0. The van der Waals surface area contributed by atoms with Crippen LogP contribution in [0.3, 0.4) is 0 Å². The fraction of sp³-hybridized carbons (Fsp3) is 0.385. The number of anilines is 1. The molecule has 6 nitrogen and oxygen atoms in total. The number of likely N-dealkylation sites (tertiary alicyclic amines) is 1. The van der Waals surface area contributed by atoms with Crippen molar-refractivity contribution in [2.24, 2.45) is 5.92 Å². The van der Waals surface area contributed by atoms with E-state index >= 15 is 0 Å². The zero-order valence-electron chi connectivity index (χ0n) is 11.3. The first kappa shape index (κ1) is 15.9. The van der Waals surface area contributed by atoms with E-state index in [4.69, 9.17) is 5.11 Å². The second-order valence-corrected chi connectivity index (χ2v) is 4.78. The number of amides is 2. The van der Waals surface area contributed by atoms with Crippen molar-refractivity contribution < 1.29 is 32.6 Å². The second kappa shape index (κ2) is 6.12. The molecule has 22 heavy (non-hydrogen) atoms. The summed E-state index contributed by atoms with van der Waals surface area (Å²) in [7, 11) is 0. The lowest BCUT2D eigenvalue weighted by Crippen LogP contribution is -2.30. The number of carbonyl (C=O) groups is 2. The summed E-state index contributed by atoms with van der Waals surface area (Å²) in [5.74, 6) is -1.40. The van der Waals surface area contributed by atoms with Crippen LogP contribution in [0.5, 0.6) is 5.75 Å². The predicted octanol–water partition coefficient (Wildman–Crippen LogP) is 2.52. The predicted molar refractivity (Wildman–Crippen MR) is 69.5 cm³/mol. The summed E-state index contributed by atoms with van der Waals surface area (Å²) in [6.07, 6.45) is -5.54. The third-order valence-electron chi connectivity index (χ3n) is 3.16. The highest BCUT2D eigenvalue weighted by Gasteiger charge is 2.32. The zero-order valence-corrected chi connectivity index (χ0v) is 11.3. The van der Waals surface area contributed by atoms with Gasteiger partial charge in [-0.1, -0.05) is 6.07 Å². The van der Waals surface area contributed by atoms with Gasteiger partial charge < -0.3 is 20.1 Å². The number of alkyl halides is 3. The molecule has 0 saturated carbocycles. The topological polar surface area (TPSA) is 78.9 Å². The normalized spacial score (nSPS) is 18.1. The van der Waals surface area contributed by atoms with Gasteiger partial charge in [0.15, 0.2) is 0 Å². The van der Waals surface area contributed by atoms with Crippen LogP contribution in [0.4, 0.5) is 23.7 Å². The maximum Gasteiger partial charge on any atom is 0.573 e. The van der Waals surface area contributed by atoms with Crippen LogP contribution in [0.15, 0.2) is 24.3 Å². The maximum absolute atomic E-state index is 12.1. The quantitative estimate of drug-likeness (QED) is 0.897. The summed E-state index contributed by atoms with van der Waals surface area (Å²) in [6, 6.07) is 4.90. The monoisotopic (exact) mass is 318 g/mol. The van der Waals surface area contributed by atoms with Crippen LogP contribution in [-0.2, 0) is 4.79 Å². The van der Waals surface area contributed by atoms with Gasteiger partial charge in [0.25, 0.3) is 0 Å². The number of benzene rings is 1. The molecule has 1 saturated heterocycles. The summed E-state index contributed by atoms with van der Waals surface area (Å²) in [5, 5.41) is 11.3. The molecule has 1 aliphatic heterocycles. The fourth-order valence-corrected chi connectivity index (χ4v) is 2.16. The number of rotatable bonds is 3. The minimum Gasteiger partial charge on any atom is -0.465 e. The molecule has 1 fully saturated rings. The lowest BCUT2D eigenvalue weighted by molar-refractivity contribution is -0.274. The largest absolute Gasteiger partial charge is 0.573 e. The molecule has 0 radical (unpaired) electrons. The summed E-state index contributed by atoms with van der Waals surface area (Å²) in [6.45, 7) is 0.324. The molecule has 1 aromatic rings. The van der Waals surface area contributed by atoms with Gasteiger partial charge in [-0.15, -0.1) is 13.2 Å². The number of halogens is 3. The van der Waals surface area contributed by atoms with Crippen molar-refractivity contribution >= 4 is 17.7 Å². The lowest BCUT2D eigenvalue weighted by atomic mass is 10.1. The van der Waals surface area contributed by atoms with Crippen molar-refractivity contribution in [2.75, 3.05) is 18.4 Å². The van der Waals surface area contributed by atoms with Crippen molar-refractivity contribution in [3.05, 3.63) is 24.3 Å². The highest BCUT2D eigenvalue weighted by Crippen LogP contribution is 2.26. The first-order chi connectivity index (χ1) is 10.2. The van der Waals surface area contributed by atoms with Crippen LogP contribution in [0.25, 0.3) is 0 Å². The minimum atomic E-state index is -4.81. The fourth-order valence-electron chi connectivity index (χ4n) is 2.16. The van der Waals surface area contributed by atoms with Gasteiger partial charge in [0.05, 0.1) is 5.92 Å². The molecule has 0 aliphatic carbocycles. The molecule has 2 amide bonds. The molecule has 2 N–H and O–H groups in total. The smallest absolute Gasteiger partial charge is 0.465 e. The third kappa shape index (κ3) is 4.27. The number of hydrogen-bond acceptors (Lipinski definition) is 3. The van der Waals surface area contributed by atoms with Crippen molar-refractivity contribution in [3.8, 4) is 5.75 Å². The van der Waals surface area contributed by atoms with Gasteiger partial charge in [0.1, 0.15) is 5.75 Å². The van der Waals surface area contributed by atoms with Crippen LogP contribution in [0.2, 0.25) is 0 Å². The van der Waals surface area contributed by atoms with Crippen LogP contribution in [0.1, 0.15) is 6.42 Å². The molecule has 0 bridgehead atoms. The van der Waals surface area contributed by atoms with Gasteiger partial charge in [-0.2, -0.15) is 0 Å². The molecular formula is C13H13F3N2O4. The molecule has 2 rings (SSSR count). The Hall–Kier alpha value is -2.45. The third-order valence-corrected chi connectivity index (χ3v) is 3.16. The Bertz CT molecular complexity index is 577.